The Bertz CT molecular complexity index is 681. The molecular weight excluding hydrogens is 540 g/mol. The molecule has 6 atom stereocenters. The maximum atomic E-state index is 13.0. The summed E-state index contributed by atoms with van der Waals surface area (Å²) in [4.78, 5) is 25.7. The number of carbonyl (C=O) groups is 2. The van der Waals surface area contributed by atoms with Gasteiger partial charge in [-0.15, -0.1) is 0 Å². The molecule has 10 nitrogen and oxygen atoms in total. The molecule has 6 N–H and O–H groups in total. The molecule has 0 aliphatic carbocycles. The monoisotopic (exact) mass is 602 g/mol. The predicted octanol–water partition coefficient (Wildman–Crippen LogP) is 3.86. The molecule has 0 aromatic heterocycles. The molecule has 0 spiro atoms. The van der Waals surface area contributed by atoms with E-state index in [1.54, 1.807) is 0 Å². The molecule has 0 bridgehead atoms. The summed E-state index contributed by atoms with van der Waals surface area (Å²) in [7, 11) is 0. The van der Waals surface area contributed by atoms with E-state index in [1.165, 1.54) is 77.0 Å². The highest BCUT2D eigenvalue weighted by atomic mass is 16.7. The van der Waals surface area contributed by atoms with Gasteiger partial charge in [-0.05, 0) is 12.8 Å². The van der Waals surface area contributed by atoms with E-state index in [0.717, 1.165) is 38.5 Å². The van der Waals surface area contributed by atoms with Crippen molar-refractivity contribution >= 4 is 11.8 Å². The number of carbonyl (C=O) groups excluding carboxylic acids is 2. The van der Waals surface area contributed by atoms with Crippen LogP contribution in [0.3, 0.4) is 0 Å². The molecule has 1 aliphatic heterocycles. The van der Waals surface area contributed by atoms with Crippen LogP contribution in [0.15, 0.2) is 0 Å². The second-order valence-electron chi connectivity index (χ2n) is 11.8. The molecule has 1 aliphatic rings. The lowest BCUT2D eigenvalue weighted by atomic mass is 9.99. The molecule has 0 aromatic carbocycles. The van der Waals surface area contributed by atoms with Gasteiger partial charge in [0, 0.05) is 13.0 Å². The van der Waals surface area contributed by atoms with Gasteiger partial charge in [-0.3, -0.25) is 9.59 Å². The van der Waals surface area contributed by atoms with E-state index in [9.17, 15) is 30.0 Å². The SMILES string of the molecule is CCCCCCCCCCCNC(=O)[C@H](CO[C@@H]1O[C@H](CO)[C@@H](O)[C@H](O)[C@H]1O)NC(=O)CCCCCCCCCCC. The highest BCUT2D eigenvalue weighted by Gasteiger charge is 2.44. The zero-order valence-electron chi connectivity index (χ0n) is 26.4. The Morgan fingerprint density at radius 1 is 0.714 bits per heavy atom. The molecule has 0 radical (unpaired) electrons. The summed E-state index contributed by atoms with van der Waals surface area (Å²) in [6.45, 7) is 4.03. The van der Waals surface area contributed by atoms with Crippen molar-refractivity contribution in [1.82, 2.24) is 10.6 Å². The number of hydrogen-bond acceptors (Lipinski definition) is 8. The number of aliphatic hydroxyl groups excluding tert-OH is 4. The topological polar surface area (TPSA) is 158 Å². The van der Waals surface area contributed by atoms with Gasteiger partial charge in [0.05, 0.1) is 13.2 Å². The van der Waals surface area contributed by atoms with E-state index >= 15 is 0 Å². The summed E-state index contributed by atoms with van der Waals surface area (Å²) in [5.74, 6) is -0.641. The Morgan fingerprint density at radius 2 is 1.21 bits per heavy atom. The van der Waals surface area contributed by atoms with Crippen molar-refractivity contribution in [3.05, 3.63) is 0 Å². The summed E-state index contributed by atoms with van der Waals surface area (Å²) in [5.41, 5.74) is 0. The molecule has 0 aromatic rings. The van der Waals surface area contributed by atoms with Gasteiger partial charge >= 0.3 is 0 Å². The van der Waals surface area contributed by atoms with Crippen LogP contribution in [0.2, 0.25) is 0 Å². The summed E-state index contributed by atoms with van der Waals surface area (Å²) in [6.07, 6.45) is 13.9. The lowest BCUT2D eigenvalue weighted by molar-refractivity contribution is -0.301. The van der Waals surface area contributed by atoms with Gasteiger partial charge in [-0.2, -0.15) is 0 Å². The second-order valence-corrected chi connectivity index (χ2v) is 11.8. The van der Waals surface area contributed by atoms with Crippen LogP contribution in [0, 0.1) is 0 Å². The smallest absolute Gasteiger partial charge is 0.244 e. The van der Waals surface area contributed by atoms with Crippen LogP contribution in [0.4, 0.5) is 0 Å². The summed E-state index contributed by atoms with van der Waals surface area (Å²) in [5, 5.41) is 45.4. The van der Waals surface area contributed by atoms with E-state index in [0.29, 0.717) is 13.0 Å². The molecule has 1 heterocycles. The van der Waals surface area contributed by atoms with Crippen molar-refractivity contribution in [3.8, 4) is 0 Å². The lowest BCUT2D eigenvalue weighted by Gasteiger charge is -2.39. The Labute approximate surface area is 254 Å². The van der Waals surface area contributed by atoms with E-state index < -0.39 is 43.4 Å². The third-order valence-corrected chi connectivity index (χ3v) is 8.01. The van der Waals surface area contributed by atoms with E-state index in [-0.39, 0.29) is 18.4 Å². The van der Waals surface area contributed by atoms with Crippen LogP contribution in [-0.4, -0.2) is 88.7 Å². The van der Waals surface area contributed by atoms with Crippen LogP contribution in [-0.2, 0) is 19.1 Å². The normalized spacial score (nSPS) is 23.0. The number of aliphatic hydroxyl groups is 4. The molecule has 0 unspecified atom stereocenters. The molecule has 42 heavy (non-hydrogen) atoms. The third kappa shape index (κ3) is 17.1. The Hall–Kier alpha value is -1.30. The molecule has 248 valence electrons. The Balaban J connectivity index is 2.49. The van der Waals surface area contributed by atoms with Crippen LogP contribution in [0.1, 0.15) is 136 Å². The van der Waals surface area contributed by atoms with Gasteiger partial charge in [0.15, 0.2) is 6.29 Å². The maximum Gasteiger partial charge on any atom is 0.244 e. The Kier molecular flexibility index (Phi) is 23.1. The number of nitrogens with one attached hydrogen (secondary N) is 2. The van der Waals surface area contributed by atoms with Gasteiger partial charge < -0.3 is 40.5 Å². The summed E-state index contributed by atoms with van der Waals surface area (Å²) in [6, 6.07) is -1.01. The van der Waals surface area contributed by atoms with Gasteiger partial charge in [-0.25, -0.2) is 0 Å². The van der Waals surface area contributed by atoms with E-state index in [2.05, 4.69) is 24.5 Å². The largest absolute Gasteiger partial charge is 0.394 e. The standard InChI is InChI=1S/C32H62N2O8/c1-3-5-7-9-11-13-15-17-19-21-27(36)34-25(24-41-32-30(39)29(38)28(37)26(23-35)42-32)31(40)33-22-20-18-16-14-12-10-8-6-4-2/h25-26,28-30,32,35,37-39H,3-24H2,1-2H3,(H,33,40)(H,34,36)/t25-,26+,28+,29-,30+,32+/m0/s1. The molecule has 10 heteroatoms. The number of ether oxygens (including phenoxy) is 2. The van der Waals surface area contributed by atoms with Crippen molar-refractivity contribution in [1.29, 1.82) is 0 Å². The number of rotatable bonds is 26. The van der Waals surface area contributed by atoms with Gasteiger partial charge in [0.1, 0.15) is 30.5 Å². The van der Waals surface area contributed by atoms with E-state index in [1.807, 2.05) is 0 Å². The first kappa shape index (κ1) is 38.7. The summed E-state index contributed by atoms with van der Waals surface area (Å²) >= 11 is 0. The quantitative estimate of drug-likeness (QED) is 0.0815. The van der Waals surface area contributed by atoms with Crippen molar-refractivity contribution in [2.24, 2.45) is 0 Å². The van der Waals surface area contributed by atoms with Crippen molar-refractivity contribution < 1.29 is 39.5 Å². The first-order chi connectivity index (χ1) is 20.3. The maximum absolute atomic E-state index is 13.0. The predicted molar refractivity (Wildman–Crippen MR) is 164 cm³/mol. The zero-order chi connectivity index (χ0) is 31.0. The minimum atomic E-state index is -1.58. The first-order valence-electron chi connectivity index (χ1n) is 16.8. The van der Waals surface area contributed by atoms with Crippen molar-refractivity contribution in [2.75, 3.05) is 19.8 Å². The second kappa shape index (κ2) is 25.1. The fourth-order valence-electron chi connectivity index (χ4n) is 5.21. The molecular formula is C32H62N2O8. The van der Waals surface area contributed by atoms with Crippen LogP contribution in [0.5, 0.6) is 0 Å². The molecule has 1 rings (SSSR count). The minimum Gasteiger partial charge on any atom is -0.394 e. The van der Waals surface area contributed by atoms with Crippen LogP contribution < -0.4 is 10.6 Å². The molecule has 1 fully saturated rings. The van der Waals surface area contributed by atoms with Gasteiger partial charge in [0.2, 0.25) is 11.8 Å². The lowest BCUT2D eigenvalue weighted by Crippen LogP contribution is -2.60. The Morgan fingerprint density at radius 3 is 1.74 bits per heavy atom. The van der Waals surface area contributed by atoms with E-state index in [4.69, 9.17) is 9.47 Å². The average molecular weight is 603 g/mol. The fourth-order valence-corrected chi connectivity index (χ4v) is 5.21. The zero-order valence-corrected chi connectivity index (χ0v) is 26.4. The number of hydrogen-bond donors (Lipinski definition) is 6. The van der Waals surface area contributed by atoms with Crippen molar-refractivity contribution in [3.63, 3.8) is 0 Å². The van der Waals surface area contributed by atoms with Crippen LogP contribution in [0.25, 0.3) is 0 Å². The molecule has 2 amide bonds. The van der Waals surface area contributed by atoms with Crippen molar-refractivity contribution in [2.45, 2.75) is 173 Å². The number of amides is 2. The molecule has 1 saturated heterocycles. The van der Waals surface area contributed by atoms with Gasteiger partial charge in [-0.1, -0.05) is 117 Å². The molecule has 0 saturated carbocycles. The van der Waals surface area contributed by atoms with Gasteiger partial charge in [0.25, 0.3) is 0 Å². The minimum absolute atomic E-state index is 0.251. The average Bonchev–Trinajstić information content (AvgIpc) is 2.98. The first-order valence-corrected chi connectivity index (χ1v) is 16.8. The fraction of sp³-hybridized carbons (Fsp3) is 0.938. The van der Waals surface area contributed by atoms with Crippen LogP contribution >= 0.6 is 0 Å². The summed E-state index contributed by atoms with van der Waals surface area (Å²) < 4.78 is 11.0. The number of unbranched alkanes of at least 4 members (excludes halogenated alkanes) is 16. The highest BCUT2D eigenvalue weighted by molar-refractivity contribution is 5.87. The highest BCUT2D eigenvalue weighted by Crippen LogP contribution is 2.22. The third-order valence-electron chi connectivity index (χ3n) is 8.01.